The summed E-state index contributed by atoms with van der Waals surface area (Å²) in [4.78, 5) is 14.1. The van der Waals surface area contributed by atoms with Crippen LogP contribution in [0.1, 0.15) is 26.2 Å². The van der Waals surface area contributed by atoms with Gasteiger partial charge in [-0.05, 0) is 32.4 Å². The van der Waals surface area contributed by atoms with Gasteiger partial charge in [0.2, 0.25) is 5.91 Å². The molecular formula is C12H22N2O. The topological polar surface area (TPSA) is 32.3 Å². The molecule has 1 aliphatic heterocycles. The van der Waals surface area contributed by atoms with Crippen molar-refractivity contribution in [3.05, 3.63) is 12.7 Å². The molecular weight excluding hydrogens is 188 g/mol. The fraction of sp³-hybridized carbons (Fsp3) is 0.750. The molecule has 0 atom stereocenters. The second-order valence-electron chi connectivity index (χ2n) is 4.36. The fourth-order valence-corrected chi connectivity index (χ4v) is 2.31. The number of carbonyl (C=O) groups is 1. The van der Waals surface area contributed by atoms with Gasteiger partial charge >= 0.3 is 0 Å². The highest BCUT2D eigenvalue weighted by Crippen LogP contribution is 2.34. The van der Waals surface area contributed by atoms with Gasteiger partial charge in [0.1, 0.15) is 0 Å². The first kappa shape index (κ1) is 12.2. The summed E-state index contributed by atoms with van der Waals surface area (Å²) in [6, 6.07) is 0. The molecule has 1 amide bonds. The maximum Gasteiger partial charge on any atom is 0.228 e. The van der Waals surface area contributed by atoms with Gasteiger partial charge in [-0.2, -0.15) is 0 Å². The van der Waals surface area contributed by atoms with Crippen LogP contribution in [0, 0.1) is 5.41 Å². The highest BCUT2D eigenvalue weighted by Gasteiger charge is 2.39. The zero-order chi connectivity index (χ0) is 11.3. The van der Waals surface area contributed by atoms with E-state index in [1.54, 1.807) is 11.0 Å². The highest BCUT2D eigenvalue weighted by atomic mass is 16.2. The van der Waals surface area contributed by atoms with Gasteiger partial charge in [-0.3, -0.25) is 4.79 Å². The molecule has 0 unspecified atom stereocenters. The average molecular weight is 210 g/mol. The van der Waals surface area contributed by atoms with Crippen LogP contribution in [0.15, 0.2) is 12.7 Å². The summed E-state index contributed by atoms with van der Waals surface area (Å²) >= 11 is 0. The maximum atomic E-state index is 12.3. The van der Waals surface area contributed by atoms with Crippen LogP contribution in [-0.2, 0) is 4.79 Å². The van der Waals surface area contributed by atoms with Gasteiger partial charge in [0.25, 0.3) is 0 Å². The Morgan fingerprint density at radius 1 is 1.53 bits per heavy atom. The van der Waals surface area contributed by atoms with Gasteiger partial charge < -0.3 is 10.2 Å². The van der Waals surface area contributed by atoms with E-state index in [0.29, 0.717) is 6.54 Å². The quantitative estimate of drug-likeness (QED) is 0.712. The van der Waals surface area contributed by atoms with E-state index in [-0.39, 0.29) is 11.3 Å². The molecule has 86 valence electrons. The third-order valence-corrected chi connectivity index (χ3v) is 3.44. The zero-order valence-corrected chi connectivity index (χ0v) is 9.88. The van der Waals surface area contributed by atoms with Crippen molar-refractivity contribution in [2.45, 2.75) is 26.2 Å². The summed E-state index contributed by atoms with van der Waals surface area (Å²) in [6.45, 7) is 8.35. The Hall–Kier alpha value is -0.830. The van der Waals surface area contributed by atoms with E-state index in [4.69, 9.17) is 0 Å². The Kier molecular flexibility index (Phi) is 4.33. The largest absolute Gasteiger partial charge is 0.342 e. The molecule has 0 aromatic heterocycles. The lowest BCUT2D eigenvalue weighted by atomic mass is 9.75. The zero-order valence-electron chi connectivity index (χ0n) is 9.88. The van der Waals surface area contributed by atoms with Crippen LogP contribution in [0.5, 0.6) is 0 Å². The third kappa shape index (κ3) is 2.59. The van der Waals surface area contributed by atoms with Crippen molar-refractivity contribution in [2.75, 3.05) is 26.7 Å². The summed E-state index contributed by atoms with van der Waals surface area (Å²) in [5.74, 6) is 0.284. The lowest BCUT2D eigenvalue weighted by molar-refractivity contribution is -0.142. The number of nitrogens with one attached hydrogen (secondary N) is 1. The summed E-state index contributed by atoms with van der Waals surface area (Å²) in [5, 5.41) is 3.31. The molecule has 0 spiro atoms. The average Bonchev–Trinajstić information content (AvgIpc) is 2.29. The molecule has 1 N–H and O–H groups in total. The minimum atomic E-state index is -0.122. The molecule has 3 heteroatoms. The van der Waals surface area contributed by atoms with E-state index in [9.17, 15) is 4.79 Å². The van der Waals surface area contributed by atoms with E-state index >= 15 is 0 Å². The number of nitrogens with zero attached hydrogens (tertiary/aromatic N) is 1. The van der Waals surface area contributed by atoms with Gasteiger partial charge in [0.15, 0.2) is 0 Å². The van der Waals surface area contributed by atoms with Crippen LogP contribution in [-0.4, -0.2) is 37.5 Å². The molecule has 0 aromatic rings. The molecule has 1 fully saturated rings. The van der Waals surface area contributed by atoms with E-state index < -0.39 is 0 Å². The first-order chi connectivity index (χ1) is 7.16. The van der Waals surface area contributed by atoms with E-state index in [1.807, 2.05) is 7.05 Å². The first-order valence-corrected chi connectivity index (χ1v) is 5.73. The normalized spacial score (nSPS) is 19.6. The molecule has 1 aliphatic rings. The lowest BCUT2D eigenvalue weighted by Gasteiger charge is -2.38. The fourth-order valence-electron chi connectivity index (χ4n) is 2.31. The number of likely N-dealkylation sites (N-methyl/N-ethyl adjacent to an activating group) is 1. The minimum absolute atomic E-state index is 0.122. The Bertz CT molecular complexity index is 232. The van der Waals surface area contributed by atoms with Crippen LogP contribution in [0.3, 0.4) is 0 Å². The minimum Gasteiger partial charge on any atom is -0.342 e. The van der Waals surface area contributed by atoms with Crippen molar-refractivity contribution in [1.29, 1.82) is 0 Å². The van der Waals surface area contributed by atoms with Crippen molar-refractivity contribution in [3.63, 3.8) is 0 Å². The predicted octanol–water partition coefficient (Wildman–Crippen LogP) is 1.41. The third-order valence-electron chi connectivity index (χ3n) is 3.44. The van der Waals surface area contributed by atoms with Gasteiger partial charge in [-0.1, -0.05) is 13.0 Å². The number of hydrogen-bond donors (Lipinski definition) is 1. The summed E-state index contributed by atoms with van der Waals surface area (Å²) < 4.78 is 0. The summed E-state index contributed by atoms with van der Waals surface area (Å²) in [7, 11) is 1.86. The monoisotopic (exact) mass is 210 g/mol. The Morgan fingerprint density at radius 3 is 2.60 bits per heavy atom. The van der Waals surface area contributed by atoms with Crippen molar-refractivity contribution < 1.29 is 4.79 Å². The van der Waals surface area contributed by atoms with Crippen LogP contribution in [0.2, 0.25) is 0 Å². The molecule has 0 saturated carbocycles. The smallest absolute Gasteiger partial charge is 0.228 e. The Balaban J connectivity index is 2.71. The van der Waals surface area contributed by atoms with Crippen LogP contribution in [0.4, 0.5) is 0 Å². The summed E-state index contributed by atoms with van der Waals surface area (Å²) in [5.41, 5.74) is -0.122. The predicted molar refractivity (Wildman–Crippen MR) is 62.7 cm³/mol. The Morgan fingerprint density at radius 2 is 2.13 bits per heavy atom. The van der Waals surface area contributed by atoms with Gasteiger partial charge in [-0.25, -0.2) is 0 Å². The molecule has 0 aromatic carbocycles. The number of amides is 1. The van der Waals surface area contributed by atoms with Crippen molar-refractivity contribution in [2.24, 2.45) is 5.41 Å². The highest BCUT2D eigenvalue weighted by molar-refractivity contribution is 5.82. The van der Waals surface area contributed by atoms with Crippen LogP contribution in [0.25, 0.3) is 0 Å². The molecule has 3 nitrogen and oxygen atoms in total. The molecule has 1 rings (SSSR count). The van der Waals surface area contributed by atoms with Crippen molar-refractivity contribution >= 4 is 5.91 Å². The first-order valence-electron chi connectivity index (χ1n) is 5.73. The lowest BCUT2D eigenvalue weighted by Crippen LogP contribution is -2.47. The SMILES string of the molecule is C=CCN(C)C(=O)C1(CC)CCNCC1. The number of hydrogen-bond acceptors (Lipinski definition) is 2. The van der Waals surface area contributed by atoms with Gasteiger partial charge in [0, 0.05) is 13.6 Å². The van der Waals surface area contributed by atoms with Crippen LogP contribution >= 0.6 is 0 Å². The van der Waals surface area contributed by atoms with E-state index in [1.165, 1.54) is 0 Å². The molecule has 1 saturated heterocycles. The molecule has 15 heavy (non-hydrogen) atoms. The molecule has 0 bridgehead atoms. The molecule has 1 heterocycles. The number of piperidine rings is 1. The second kappa shape index (κ2) is 5.31. The molecule has 0 aliphatic carbocycles. The van der Waals surface area contributed by atoms with Gasteiger partial charge in [0.05, 0.1) is 5.41 Å². The maximum absolute atomic E-state index is 12.3. The van der Waals surface area contributed by atoms with E-state index in [2.05, 4.69) is 18.8 Å². The van der Waals surface area contributed by atoms with E-state index in [0.717, 1.165) is 32.4 Å². The number of carbonyl (C=O) groups excluding carboxylic acids is 1. The van der Waals surface area contributed by atoms with Crippen molar-refractivity contribution in [1.82, 2.24) is 10.2 Å². The van der Waals surface area contributed by atoms with Crippen molar-refractivity contribution in [3.8, 4) is 0 Å². The van der Waals surface area contributed by atoms with Gasteiger partial charge in [-0.15, -0.1) is 6.58 Å². The second-order valence-corrected chi connectivity index (χ2v) is 4.36. The standard InChI is InChI=1S/C12H22N2O/c1-4-10-14(3)11(15)12(5-2)6-8-13-9-7-12/h4,13H,1,5-10H2,2-3H3. The summed E-state index contributed by atoms with van der Waals surface area (Å²) in [6.07, 6.45) is 4.64. The Labute approximate surface area is 92.5 Å². The molecule has 0 radical (unpaired) electrons. The van der Waals surface area contributed by atoms with Crippen LogP contribution < -0.4 is 5.32 Å². The number of rotatable bonds is 4.